The summed E-state index contributed by atoms with van der Waals surface area (Å²) in [6.45, 7) is 4.43. The number of esters is 1. The van der Waals surface area contributed by atoms with E-state index < -0.39 is 0 Å². The summed E-state index contributed by atoms with van der Waals surface area (Å²) in [4.78, 5) is 16.8. The van der Waals surface area contributed by atoms with Gasteiger partial charge in [-0.2, -0.15) is 5.26 Å². The van der Waals surface area contributed by atoms with Crippen LogP contribution in [0.1, 0.15) is 120 Å². The number of nitrogens with zero attached hydrogens (tertiary/aromatic N) is 2. The van der Waals surface area contributed by atoms with Crippen molar-refractivity contribution in [1.29, 1.82) is 5.26 Å². The number of pyridine rings is 1. The van der Waals surface area contributed by atoms with Gasteiger partial charge in [-0.05, 0) is 56.6 Å². The molecule has 0 bridgehead atoms. The molecule has 0 radical (unpaired) electrons. The third kappa shape index (κ3) is 8.09. The van der Waals surface area contributed by atoms with Gasteiger partial charge in [0.25, 0.3) is 0 Å². The molecule has 0 amide bonds. The lowest BCUT2D eigenvalue weighted by Gasteiger charge is -2.34. The molecule has 0 spiro atoms. The molecule has 4 nitrogen and oxygen atoms in total. The number of hydrogen-bond donors (Lipinski definition) is 0. The maximum Gasteiger partial charge on any atom is 0.357 e. The van der Waals surface area contributed by atoms with Crippen molar-refractivity contribution in [2.45, 2.75) is 116 Å². The van der Waals surface area contributed by atoms with Crippen molar-refractivity contribution >= 4 is 5.97 Å². The van der Waals surface area contributed by atoms with Gasteiger partial charge in [0.1, 0.15) is 11.8 Å². The van der Waals surface area contributed by atoms with Gasteiger partial charge in [0.05, 0.1) is 11.5 Å². The van der Waals surface area contributed by atoms with Gasteiger partial charge in [-0.1, -0.05) is 71.3 Å². The van der Waals surface area contributed by atoms with E-state index in [4.69, 9.17) is 4.74 Å². The molecule has 1 aliphatic rings. The molecule has 0 aromatic carbocycles. The van der Waals surface area contributed by atoms with Gasteiger partial charge in [-0.15, -0.1) is 0 Å². The molecule has 30 heavy (non-hydrogen) atoms. The topological polar surface area (TPSA) is 63.0 Å². The van der Waals surface area contributed by atoms with E-state index in [1.165, 1.54) is 56.9 Å². The quantitative estimate of drug-likeness (QED) is 0.254. The molecule has 1 saturated carbocycles. The molecule has 0 saturated heterocycles. The van der Waals surface area contributed by atoms with Crippen molar-refractivity contribution in [3.05, 3.63) is 29.6 Å². The molecule has 2 rings (SSSR count). The van der Waals surface area contributed by atoms with Crippen LogP contribution in [0.25, 0.3) is 0 Å². The monoisotopic (exact) mass is 412 g/mol. The van der Waals surface area contributed by atoms with Crippen LogP contribution in [0.2, 0.25) is 0 Å². The zero-order chi connectivity index (χ0) is 21.7. The summed E-state index contributed by atoms with van der Waals surface area (Å²) in [5, 5.41) is 9.74. The molecule has 0 N–H and O–H groups in total. The van der Waals surface area contributed by atoms with E-state index >= 15 is 0 Å². The fourth-order valence-corrected chi connectivity index (χ4v) is 4.41. The van der Waals surface area contributed by atoms with Crippen LogP contribution in [-0.2, 0) is 11.2 Å². The lowest BCUT2D eigenvalue weighted by atomic mass is 9.71. The van der Waals surface area contributed by atoms with Gasteiger partial charge in [0, 0.05) is 6.20 Å². The van der Waals surface area contributed by atoms with Crippen molar-refractivity contribution in [2.75, 3.05) is 0 Å². The van der Waals surface area contributed by atoms with Crippen LogP contribution in [0.5, 0.6) is 0 Å². The second kappa shape index (κ2) is 13.4. The molecular weight excluding hydrogens is 372 g/mol. The van der Waals surface area contributed by atoms with Gasteiger partial charge in [-0.3, -0.25) is 0 Å². The van der Waals surface area contributed by atoms with E-state index in [0.717, 1.165) is 44.9 Å². The average molecular weight is 413 g/mol. The summed E-state index contributed by atoms with van der Waals surface area (Å²) in [6.07, 6.45) is 18.0. The van der Waals surface area contributed by atoms with E-state index in [2.05, 4.69) is 24.9 Å². The molecule has 0 atom stereocenters. The Labute approximate surface area is 183 Å². The number of aryl methyl sites for hydroxylation is 1. The standard InChI is InChI=1S/C26H40N2O2/c1-3-5-7-9-11-17-26(21-27)18-15-23(16-19-26)30-25(29)24-14-13-22(20-28-24)12-10-8-6-4-2/h13-14,20,23H,3-12,15-19H2,1-2H3. The van der Waals surface area contributed by atoms with E-state index in [0.29, 0.717) is 5.69 Å². The minimum absolute atomic E-state index is 0.0883. The molecule has 1 fully saturated rings. The van der Waals surface area contributed by atoms with Crippen molar-refractivity contribution in [3.63, 3.8) is 0 Å². The van der Waals surface area contributed by atoms with Crippen molar-refractivity contribution in [3.8, 4) is 6.07 Å². The lowest BCUT2D eigenvalue weighted by Crippen LogP contribution is -2.31. The Morgan fingerprint density at radius 1 is 1.07 bits per heavy atom. The molecule has 0 aliphatic heterocycles. The van der Waals surface area contributed by atoms with Crippen LogP contribution in [0, 0.1) is 16.7 Å². The largest absolute Gasteiger partial charge is 0.458 e. The molecule has 166 valence electrons. The Morgan fingerprint density at radius 3 is 2.33 bits per heavy atom. The first-order valence-corrected chi connectivity index (χ1v) is 12.2. The van der Waals surface area contributed by atoms with E-state index in [1.54, 1.807) is 6.07 Å². The number of ether oxygens (including phenoxy) is 1. The highest BCUT2D eigenvalue weighted by atomic mass is 16.5. The highest BCUT2D eigenvalue weighted by Gasteiger charge is 2.36. The Bertz CT molecular complexity index is 655. The maximum absolute atomic E-state index is 12.5. The smallest absolute Gasteiger partial charge is 0.357 e. The summed E-state index contributed by atoms with van der Waals surface area (Å²) in [5.41, 5.74) is 1.35. The number of aromatic nitrogens is 1. The van der Waals surface area contributed by atoms with Gasteiger partial charge >= 0.3 is 5.97 Å². The zero-order valence-electron chi connectivity index (χ0n) is 19.1. The van der Waals surface area contributed by atoms with E-state index in [-0.39, 0.29) is 17.5 Å². The number of rotatable bonds is 13. The SMILES string of the molecule is CCCCCCCC1(C#N)CCC(OC(=O)c2ccc(CCCCCC)cn2)CC1. The predicted octanol–water partition coefficient (Wildman–Crippen LogP) is 7.17. The Balaban J connectivity index is 1.74. The number of hydrogen-bond acceptors (Lipinski definition) is 4. The van der Waals surface area contributed by atoms with E-state index in [9.17, 15) is 10.1 Å². The minimum Gasteiger partial charge on any atom is -0.458 e. The van der Waals surface area contributed by atoms with Crippen molar-refractivity contribution in [2.24, 2.45) is 5.41 Å². The Hall–Kier alpha value is -1.89. The molecular formula is C26H40N2O2. The highest BCUT2D eigenvalue weighted by molar-refractivity contribution is 5.87. The first-order valence-electron chi connectivity index (χ1n) is 12.2. The molecule has 1 aliphatic carbocycles. The second-order valence-corrected chi connectivity index (χ2v) is 9.02. The fraction of sp³-hybridized carbons (Fsp3) is 0.731. The van der Waals surface area contributed by atoms with Gasteiger partial charge in [-0.25, -0.2) is 9.78 Å². The predicted molar refractivity (Wildman–Crippen MR) is 121 cm³/mol. The fourth-order valence-electron chi connectivity index (χ4n) is 4.41. The van der Waals surface area contributed by atoms with Crippen molar-refractivity contribution in [1.82, 2.24) is 4.98 Å². The Morgan fingerprint density at radius 2 is 1.73 bits per heavy atom. The van der Waals surface area contributed by atoms with Gasteiger partial charge in [0.2, 0.25) is 0 Å². The summed E-state index contributed by atoms with van der Waals surface area (Å²) in [7, 11) is 0. The number of carbonyl (C=O) groups is 1. The third-order valence-corrected chi connectivity index (χ3v) is 6.51. The average Bonchev–Trinajstić information content (AvgIpc) is 2.78. The third-order valence-electron chi connectivity index (χ3n) is 6.51. The van der Waals surface area contributed by atoms with Crippen LogP contribution >= 0.6 is 0 Å². The van der Waals surface area contributed by atoms with E-state index in [1.807, 2.05) is 12.3 Å². The van der Waals surface area contributed by atoms with Crippen molar-refractivity contribution < 1.29 is 9.53 Å². The lowest BCUT2D eigenvalue weighted by molar-refractivity contribution is 0.00986. The first-order chi connectivity index (χ1) is 14.6. The van der Waals surface area contributed by atoms with Crippen LogP contribution in [0.3, 0.4) is 0 Å². The highest BCUT2D eigenvalue weighted by Crippen LogP contribution is 2.41. The molecule has 0 unspecified atom stereocenters. The molecule has 1 heterocycles. The normalized spacial score (nSPS) is 21.2. The number of carbonyl (C=O) groups excluding carboxylic acids is 1. The second-order valence-electron chi connectivity index (χ2n) is 9.02. The summed E-state index contributed by atoms with van der Waals surface area (Å²) >= 11 is 0. The molecule has 4 heteroatoms. The molecule has 1 aromatic rings. The maximum atomic E-state index is 12.5. The number of unbranched alkanes of at least 4 members (excludes halogenated alkanes) is 7. The summed E-state index contributed by atoms with van der Waals surface area (Å²) in [6, 6.07) is 6.38. The summed E-state index contributed by atoms with van der Waals surface area (Å²) < 4.78 is 5.71. The van der Waals surface area contributed by atoms with Crippen LogP contribution in [0.15, 0.2) is 18.3 Å². The zero-order valence-corrected chi connectivity index (χ0v) is 19.1. The van der Waals surface area contributed by atoms with Gasteiger partial charge in [0.15, 0.2) is 0 Å². The van der Waals surface area contributed by atoms with Gasteiger partial charge < -0.3 is 4.74 Å². The Kier molecular flexibility index (Phi) is 10.9. The first kappa shape index (κ1) is 24.4. The van der Waals surface area contributed by atoms with Crippen LogP contribution < -0.4 is 0 Å². The minimum atomic E-state index is -0.332. The number of nitriles is 1. The van der Waals surface area contributed by atoms with Crippen LogP contribution in [0.4, 0.5) is 0 Å². The summed E-state index contributed by atoms with van der Waals surface area (Å²) in [5.74, 6) is -0.332. The molecule has 1 aromatic heterocycles. The van der Waals surface area contributed by atoms with Crippen LogP contribution in [-0.4, -0.2) is 17.1 Å².